The van der Waals surface area contributed by atoms with Crippen LogP contribution in [0.5, 0.6) is 0 Å². The number of hydrogen-bond acceptors (Lipinski definition) is 1. The van der Waals surface area contributed by atoms with Crippen molar-refractivity contribution in [3.63, 3.8) is 0 Å². The third-order valence-electron chi connectivity index (χ3n) is 2.07. The first kappa shape index (κ1) is 10.5. The summed E-state index contributed by atoms with van der Waals surface area (Å²) in [5, 5.41) is 2.15. The van der Waals surface area contributed by atoms with Crippen molar-refractivity contribution < 1.29 is 13.2 Å². The first-order valence-electron chi connectivity index (χ1n) is 4.44. The number of nitrogens with one attached hydrogen (secondary N) is 1. The summed E-state index contributed by atoms with van der Waals surface area (Å²) in [6.45, 7) is 0. The third kappa shape index (κ3) is 1.73. The van der Waals surface area contributed by atoms with Crippen molar-refractivity contribution in [1.29, 1.82) is 0 Å². The summed E-state index contributed by atoms with van der Waals surface area (Å²) in [4.78, 5) is 11.3. The molecule has 6 heteroatoms. The van der Waals surface area contributed by atoms with Crippen molar-refractivity contribution in [1.82, 2.24) is 9.78 Å². The van der Waals surface area contributed by atoms with E-state index in [0.717, 1.165) is 16.8 Å². The molecule has 1 aromatic heterocycles. The second kappa shape index (κ2) is 3.88. The van der Waals surface area contributed by atoms with Gasteiger partial charge >= 0.3 is 0 Å². The quantitative estimate of drug-likeness (QED) is 0.840. The Morgan fingerprint density at radius 1 is 1.25 bits per heavy atom. The Bertz CT molecular complexity index is 559. The number of hydrogen-bond donors (Lipinski definition) is 1. The number of aromatic amines is 1. The molecule has 0 aliphatic carbocycles. The molecule has 1 heterocycles. The third-order valence-corrected chi connectivity index (χ3v) is 2.07. The van der Waals surface area contributed by atoms with Crippen LogP contribution < -0.4 is 5.56 Å². The van der Waals surface area contributed by atoms with Crippen LogP contribution in [0.3, 0.4) is 0 Å². The average molecular weight is 228 g/mol. The molecule has 0 saturated carbocycles. The van der Waals surface area contributed by atoms with E-state index in [-0.39, 0.29) is 5.69 Å². The van der Waals surface area contributed by atoms with E-state index in [4.69, 9.17) is 0 Å². The fraction of sp³-hybridized carbons (Fsp3) is 0.100. The predicted octanol–water partition coefficient (Wildman–Crippen LogP) is 2.24. The maximum atomic E-state index is 13.3. The van der Waals surface area contributed by atoms with Gasteiger partial charge in [-0.3, -0.25) is 9.89 Å². The lowest BCUT2D eigenvalue weighted by Gasteiger charge is -2.02. The highest BCUT2D eigenvalue weighted by Crippen LogP contribution is 2.16. The van der Waals surface area contributed by atoms with Crippen LogP contribution in [0.25, 0.3) is 5.69 Å². The van der Waals surface area contributed by atoms with Gasteiger partial charge in [-0.25, -0.2) is 17.9 Å². The Labute approximate surface area is 88.1 Å². The minimum absolute atomic E-state index is 0.0839. The molecule has 0 atom stereocenters. The van der Waals surface area contributed by atoms with Crippen LogP contribution >= 0.6 is 0 Å². The molecule has 2 aromatic rings. The second-order valence-corrected chi connectivity index (χ2v) is 3.14. The van der Waals surface area contributed by atoms with E-state index in [0.29, 0.717) is 0 Å². The number of aromatic nitrogens is 2. The molecule has 0 amide bonds. The van der Waals surface area contributed by atoms with Crippen LogP contribution in [0.2, 0.25) is 0 Å². The Morgan fingerprint density at radius 3 is 2.50 bits per heavy atom. The summed E-state index contributed by atoms with van der Waals surface area (Å²) in [7, 11) is 0. The lowest BCUT2D eigenvalue weighted by atomic mass is 10.3. The summed E-state index contributed by atoms with van der Waals surface area (Å²) in [6.07, 6.45) is -2.79. The van der Waals surface area contributed by atoms with E-state index in [9.17, 15) is 18.0 Å². The molecule has 1 N–H and O–H groups in total. The van der Waals surface area contributed by atoms with Crippen molar-refractivity contribution in [2.24, 2.45) is 0 Å². The molecule has 0 bridgehead atoms. The van der Waals surface area contributed by atoms with Crippen LogP contribution in [0.4, 0.5) is 13.2 Å². The van der Waals surface area contributed by atoms with Crippen molar-refractivity contribution >= 4 is 0 Å². The Morgan fingerprint density at radius 2 is 1.94 bits per heavy atom. The highest BCUT2D eigenvalue weighted by atomic mass is 19.3. The molecule has 16 heavy (non-hydrogen) atoms. The minimum Gasteiger partial charge on any atom is -0.289 e. The fourth-order valence-electron chi connectivity index (χ4n) is 1.34. The van der Waals surface area contributed by atoms with Crippen LogP contribution in [0.1, 0.15) is 12.1 Å². The van der Waals surface area contributed by atoms with Gasteiger partial charge in [0.1, 0.15) is 17.2 Å². The highest BCUT2D eigenvalue weighted by molar-refractivity contribution is 5.32. The topological polar surface area (TPSA) is 37.8 Å². The first-order valence-corrected chi connectivity index (χ1v) is 4.44. The van der Waals surface area contributed by atoms with E-state index in [1.54, 1.807) is 0 Å². The molecular weight excluding hydrogens is 221 g/mol. The van der Waals surface area contributed by atoms with Gasteiger partial charge in [0.05, 0.1) is 0 Å². The summed E-state index contributed by atoms with van der Waals surface area (Å²) in [5.41, 5.74) is -1.34. The van der Waals surface area contributed by atoms with Gasteiger partial charge in [0.25, 0.3) is 12.0 Å². The first-order chi connectivity index (χ1) is 7.59. The maximum absolute atomic E-state index is 13.3. The van der Waals surface area contributed by atoms with Gasteiger partial charge in [-0.15, -0.1) is 0 Å². The molecular formula is C10H7F3N2O. The summed E-state index contributed by atoms with van der Waals surface area (Å²) in [5.74, 6) is -0.660. The molecule has 0 spiro atoms. The normalized spacial score (nSPS) is 11.0. The molecule has 3 nitrogen and oxygen atoms in total. The number of nitrogens with zero attached hydrogens (tertiary/aromatic N) is 1. The van der Waals surface area contributed by atoms with Gasteiger partial charge in [0.2, 0.25) is 0 Å². The summed E-state index contributed by atoms with van der Waals surface area (Å²) >= 11 is 0. The fourth-order valence-corrected chi connectivity index (χ4v) is 1.34. The van der Waals surface area contributed by atoms with Gasteiger partial charge < -0.3 is 0 Å². The Hall–Kier alpha value is -1.98. The molecule has 0 radical (unpaired) electrons. The zero-order chi connectivity index (χ0) is 11.7. The van der Waals surface area contributed by atoms with Crippen molar-refractivity contribution in [2.45, 2.75) is 6.43 Å². The van der Waals surface area contributed by atoms with Crippen molar-refractivity contribution in [3.05, 3.63) is 52.2 Å². The summed E-state index contributed by atoms with van der Waals surface area (Å²) in [6, 6.07) is 6.17. The van der Waals surface area contributed by atoms with E-state index >= 15 is 0 Å². The van der Waals surface area contributed by atoms with Crippen LogP contribution in [0, 0.1) is 5.82 Å². The maximum Gasteiger partial charge on any atom is 0.279 e. The number of rotatable bonds is 2. The van der Waals surface area contributed by atoms with Crippen LogP contribution in [-0.2, 0) is 0 Å². The molecule has 84 valence electrons. The zero-order valence-corrected chi connectivity index (χ0v) is 7.95. The lowest BCUT2D eigenvalue weighted by Crippen LogP contribution is -2.14. The van der Waals surface area contributed by atoms with Crippen LogP contribution in [0.15, 0.2) is 35.1 Å². The number of halogens is 3. The molecule has 1 aromatic carbocycles. The lowest BCUT2D eigenvalue weighted by molar-refractivity contribution is 0.145. The van der Waals surface area contributed by atoms with Gasteiger partial charge in [-0.1, -0.05) is 12.1 Å². The summed E-state index contributed by atoms with van der Waals surface area (Å²) < 4.78 is 38.6. The number of H-pyrrole nitrogens is 1. The van der Waals surface area contributed by atoms with E-state index < -0.39 is 23.5 Å². The molecule has 2 rings (SSSR count). The smallest absolute Gasteiger partial charge is 0.279 e. The molecule has 0 aliphatic rings. The van der Waals surface area contributed by atoms with Crippen molar-refractivity contribution in [3.8, 4) is 5.69 Å². The van der Waals surface area contributed by atoms with Gasteiger partial charge in [-0.2, -0.15) is 0 Å². The second-order valence-electron chi connectivity index (χ2n) is 3.14. The highest BCUT2D eigenvalue weighted by Gasteiger charge is 2.14. The van der Waals surface area contributed by atoms with Crippen molar-refractivity contribution in [2.75, 3.05) is 0 Å². The number of benzene rings is 1. The standard InChI is InChI=1S/C10H7F3N2O/c11-6-3-1-2-4-8(6)15-9(16)5-7(14-15)10(12)13/h1-5,10,14H. The van der Waals surface area contributed by atoms with Gasteiger partial charge in [0.15, 0.2) is 0 Å². The largest absolute Gasteiger partial charge is 0.289 e. The molecule has 0 saturated heterocycles. The number of para-hydroxylation sites is 1. The van der Waals surface area contributed by atoms with E-state index in [1.165, 1.54) is 18.2 Å². The molecule has 0 unspecified atom stereocenters. The van der Waals surface area contributed by atoms with Gasteiger partial charge in [-0.05, 0) is 12.1 Å². The van der Waals surface area contributed by atoms with Gasteiger partial charge in [0, 0.05) is 6.07 Å². The molecule has 0 fully saturated rings. The van der Waals surface area contributed by atoms with E-state index in [2.05, 4.69) is 5.10 Å². The Balaban J connectivity index is 2.57. The predicted molar refractivity (Wildman–Crippen MR) is 51.3 cm³/mol. The van der Waals surface area contributed by atoms with E-state index in [1.807, 2.05) is 0 Å². The zero-order valence-electron chi connectivity index (χ0n) is 7.95. The minimum atomic E-state index is -2.79. The van der Waals surface area contributed by atoms with Crippen LogP contribution in [-0.4, -0.2) is 9.78 Å². The number of alkyl halides is 2. The monoisotopic (exact) mass is 228 g/mol. The Kier molecular flexibility index (Phi) is 2.55. The average Bonchev–Trinajstić information content (AvgIpc) is 2.61. The SMILES string of the molecule is O=c1cc(C(F)F)[nH]n1-c1ccccc1F. The molecule has 0 aliphatic heterocycles.